The molecule has 136 valence electrons. The van der Waals surface area contributed by atoms with Crippen LogP contribution in [0.1, 0.15) is 16.9 Å². The molecule has 2 aliphatic heterocycles. The molecular weight excluding hydrogens is 334 g/mol. The summed E-state index contributed by atoms with van der Waals surface area (Å²) in [6.07, 6.45) is 2.25. The van der Waals surface area contributed by atoms with E-state index in [1.54, 1.807) is 22.8 Å². The van der Waals surface area contributed by atoms with Gasteiger partial charge in [0.05, 0.1) is 23.9 Å². The summed E-state index contributed by atoms with van der Waals surface area (Å²) in [7, 11) is 1.64. The van der Waals surface area contributed by atoms with E-state index in [4.69, 9.17) is 4.74 Å². The highest BCUT2D eigenvalue weighted by Gasteiger charge is 2.54. The van der Waals surface area contributed by atoms with Crippen LogP contribution in [0.2, 0.25) is 0 Å². The summed E-state index contributed by atoms with van der Waals surface area (Å²) in [6.45, 7) is 1.91. The topological polar surface area (TPSA) is 89.4 Å². The molecule has 0 unspecified atom stereocenters. The fourth-order valence-corrected chi connectivity index (χ4v) is 3.96. The number of carbonyl (C=O) groups is 2. The van der Waals surface area contributed by atoms with Gasteiger partial charge in [0.15, 0.2) is 5.69 Å². The highest BCUT2D eigenvalue weighted by molar-refractivity contribution is 5.93. The van der Waals surface area contributed by atoms with Crippen molar-refractivity contribution in [2.75, 3.05) is 33.4 Å². The molecule has 2 atom stereocenters. The van der Waals surface area contributed by atoms with Gasteiger partial charge in [0.25, 0.3) is 5.91 Å². The van der Waals surface area contributed by atoms with Gasteiger partial charge in [0, 0.05) is 32.7 Å². The Morgan fingerprint density at radius 1 is 1.31 bits per heavy atom. The molecular formula is C18H21N5O3. The number of fused-ring (bicyclic) bond motifs is 1. The number of likely N-dealkylation sites (tertiary alicyclic amines) is 1. The molecule has 26 heavy (non-hydrogen) atoms. The fourth-order valence-electron chi connectivity index (χ4n) is 3.96. The largest absolute Gasteiger partial charge is 0.381 e. The van der Waals surface area contributed by atoms with Crippen molar-refractivity contribution >= 4 is 11.8 Å². The van der Waals surface area contributed by atoms with Crippen molar-refractivity contribution < 1.29 is 14.3 Å². The smallest absolute Gasteiger partial charge is 0.276 e. The third-order valence-corrected chi connectivity index (χ3v) is 5.41. The number of hydrogen-bond acceptors (Lipinski definition) is 5. The Hall–Kier alpha value is -2.74. The Kier molecular flexibility index (Phi) is 4.20. The van der Waals surface area contributed by atoms with Gasteiger partial charge in [-0.2, -0.15) is 0 Å². The molecule has 0 bridgehead atoms. The summed E-state index contributed by atoms with van der Waals surface area (Å²) in [4.78, 5) is 27.2. The average molecular weight is 355 g/mol. The molecule has 8 heteroatoms. The zero-order valence-corrected chi connectivity index (χ0v) is 14.6. The van der Waals surface area contributed by atoms with Gasteiger partial charge < -0.3 is 15.0 Å². The second kappa shape index (κ2) is 6.53. The number of nitrogens with zero attached hydrogens (tertiary/aromatic N) is 4. The molecule has 0 radical (unpaired) electrons. The number of para-hydroxylation sites is 1. The highest BCUT2D eigenvalue weighted by Crippen LogP contribution is 2.42. The molecule has 2 amide bonds. The number of benzene rings is 1. The lowest BCUT2D eigenvalue weighted by atomic mass is 9.73. The first-order valence-electron chi connectivity index (χ1n) is 8.71. The predicted molar refractivity (Wildman–Crippen MR) is 92.7 cm³/mol. The molecule has 3 heterocycles. The quantitative estimate of drug-likeness (QED) is 0.866. The number of nitrogens with one attached hydrogen (secondary N) is 1. The molecule has 2 aliphatic rings. The van der Waals surface area contributed by atoms with E-state index in [0.29, 0.717) is 32.7 Å². The van der Waals surface area contributed by atoms with Gasteiger partial charge in [-0.1, -0.05) is 23.4 Å². The molecule has 0 saturated carbocycles. The fraction of sp³-hybridized carbons (Fsp3) is 0.444. The van der Waals surface area contributed by atoms with Gasteiger partial charge in [-0.25, -0.2) is 4.68 Å². The second-order valence-corrected chi connectivity index (χ2v) is 6.83. The number of carbonyl (C=O) groups excluding carboxylic acids is 2. The van der Waals surface area contributed by atoms with Crippen molar-refractivity contribution in [1.29, 1.82) is 0 Å². The Morgan fingerprint density at radius 2 is 2.12 bits per heavy atom. The van der Waals surface area contributed by atoms with Crippen LogP contribution in [-0.2, 0) is 9.53 Å². The third-order valence-electron chi connectivity index (χ3n) is 5.41. The average Bonchev–Trinajstić information content (AvgIpc) is 3.33. The molecule has 8 nitrogen and oxygen atoms in total. The van der Waals surface area contributed by atoms with Crippen molar-refractivity contribution in [3.05, 3.63) is 42.2 Å². The highest BCUT2D eigenvalue weighted by atomic mass is 16.5. The van der Waals surface area contributed by atoms with Crippen molar-refractivity contribution in [2.45, 2.75) is 6.42 Å². The monoisotopic (exact) mass is 355 g/mol. The van der Waals surface area contributed by atoms with E-state index >= 15 is 0 Å². The van der Waals surface area contributed by atoms with Crippen molar-refractivity contribution in [3.63, 3.8) is 0 Å². The number of hydrogen-bond donors (Lipinski definition) is 1. The molecule has 0 spiro atoms. The Balaban J connectivity index is 1.56. The minimum absolute atomic E-state index is 0.00400. The molecule has 1 aromatic heterocycles. The summed E-state index contributed by atoms with van der Waals surface area (Å²) in [5.74, 6) is -0.219. The number of ether oxygens (including phenoxy) is 1. The van der Waals surface area contributed by atoms with Crippen LogP contribution in [0, 0.1) is 11.3 Å². The van der Waals surface area contributed by atoms with E-state index in [0.717, 1.165) is 5.69 Å². The van der Waals surface area contributed by atoms with Crippen LogP contribution >= 0.6 is 0 Å². The van der Waals surface area contributed by atoms with E-state index in [-0.39, 0.29) is 23.4 Å². The molecule has 4 rings (SSSR count). The van der Waals surface area contributed by atoms with Crippen molar-refractivity contribution in [2.24, 2.45) is 11.3 Å². The lowest BCUT2D eigenvalue weighted by Gasteiger charge is -2.36. The molecule has 2 fully saturated rings. The van der Waals surface area contributed by atoms with Gasteiger partial charge in [-0.3, -0.25) is 9.59 Å². The maximum atomic E-state index is 12.9. The number of amides is 2. The summed E-state index contributed by atoms with van der Waals surface area (Å²) in [5.41, 5.74) is 0.544. The number of aromatic nitrogens is 3. The van der Waals surface area contributed by atoms with E-state index in [1.165, 1.54) is 0 Å². The van der Waals surface area contributed by atoms with Gasteiger partial charge >= 0.3 is 0 Å². The molecule has 2 saturated heterocycles. The van der Waals surface area contributed by atoms with Crippen LogP contribution in [0.25, 0.3) is 5.69 Å². The van der Waals surface area contributed by atoms with Gasteiger partial charge in [0.2, 0.25) is 5.91 Å². The number of rotatable bonds is 3. The second-order valence-electron chi connectivity index (χ2n) is 6.83. The summed E-state index contributed by atoms with van der Waals surface area (Å²) in [5, 5.41) is 10.8. The van der Waals surface area contributed by atoms with Gasteiger partial charge in [-0.05, 0) is 18.6 Å². The van der Waals surface area contributed by atoms with Crippen LogP contribution < -0.4 is 5.32 Å². The minimum atomic E-state index is -0.571. The Bertz CT molecular complexity index is 821. The summed E-state index contributed by atoms with van der Waals surface area (Å²) >= 11 is 0. The predicted octanol–water partition coefficient (Wildman–Crippen LogP) is 0.492. The molecule has 1 aromatic carbocycles. The SMILES string of the molecule is CNC(=O)[C@]12CCOC[C@H]1CN(C(=O)c1cn(-c3ccccc3)nn1)C2. The lowest BCUT2D eigenvalue weighted by molar-refractivity contribution is -0.138. The maximum absolute atomic E-state index is 12.9. The minimum Gasteiger partial charge on any atom is -0.381 e. The zero-order valence-electron chi connectivity index (χ0n) is 14.6. The van der Waals surface area contributed by atoms with Crippen LogP contribution in [0.15, 0.2) is 36.5 Å². The standard InChI is InChI=1S/C18H21N5O3/c1-19-17(25)18-7-8-26-11-13(18)9-22(12-18)16(24)15-10-23(21-20-15)14-5-3-2-4-6-14/h2-6,10,13H,7-9,11-12H2,1H3,(H,19,25)/t13-,18+/m1/s1. The van der Waals surface area contributed by atoms with Crippen LogP contribution in [0.3, 0.4) is 0 Å². The van der Waals surface area contributed by atoms with Crippen LogP contribution in [0.4, 0.5) is 0 Å². The first-order chi connectivity index (χ1) is 12.6. The Labute approximate surface area is 151 Å². The zero-order chi connectivity index (χ0) is 18.1. The van der Waals surface area contributed by atoms with Crippen molar-refractivity contribution in [1.82, 2.24) is 25.2 Å². The van der Waals surface area contributed by atoms with E-state index in [1.807, 2.05) is 30.3 Å². The molecule has 1 N–H and O–H groups in total. The van der Waals surface area contributed by atoms with Crippen molar-refractivity contribution in [3.8, 4) is 5.69 Å². The Morgan fingerprint density at radius 3 is 2.88 bits per heavy atom. The molecule has 2 aromatic rings. The van der Waals surface area contributed by atoms with Gasteiger partial charge in [-0.15, -0.1) is 5.10 Å². The first-order valence-corrected chi connectivity index (χ1v) is 8.71. The summed E-state index contributed by atoms with van der Waals surface area (Å²) in [6, 6.07) is 9.50. The third kappa shape index (κ3) is 2.66. The van der Waals surface area contributed by atoms with Gasteiger partial charge in [0.1, 0.15) is 0 Å². The first kappa shape index (κ1) is 16.7. The normalized spacial score (nSPS) is 25.0. The van der Waals surface area contributed by atoms with Crippen LogP contribution in [0.5, 0.6) is 0 Å². The van der Waals surface area contributed by atoms with Crippen LogP contribution in [-0.4, -0.2) is 65.1 Å². The maximum Gasteiger partial charge on any atom is 0.276 e. The lowest BCUT2D eigenvalue weighted by Crippen LogP contribution is -2.49. The van der Waals surface area contributed by atoms with E-state index in [9.17, 15) is 9.59 Å². The molecule has 0 aliphatic carbocycles. The van der Waals surface area contributed by atoms with E-state index in [2.05, 4.69) is 15.6 Å². The summed E-state index contributed by atoms with van der Waals surface area (Å²) < 4.78 is 7.13. The van der Waals surface area contributed by atoms with E-state index < -0.39 is 5.41 Å².